The maximum Gasteiger partial charge on any atom is 0.308 e. The molecule has 60 valence electrons. The highest BCUT2D eigenvalue weighted by Crippen LogP contribution is 2.11. The quantitative estimate of drug-likeness (QED) is 0.267. The molecular weight excluding hydrogens is 140 g/mol. The van der Waals surface area contributed by atoms with Gasteiger partial charge in [0.1, 0.15) is 5.76 Å². The number of carbonyl (C=O) groups excluding carboxylic acids is 1. The third-order valence-electron chi connectivity index (χ3n) is 1.05. The summed E-state index contributed by atoms with van der Waals surface area (Å²) in [5.74, 6) is -0.0578. The molecule has 0 spiro atoms. The van der Waals surface area contributed by atoms with Gasteiger partial charge in [0.25, 0.3) is 0 Å². The van der Waals surface area contributed by atoms with Gasteiger partial charge < -0.3 is 4.74 Å². The Kier molecular flexibility index (Phi) is 3.96. The fourth-order valence-corrected chi connectivity index (χ4v) is 0.534. The van der Waals surface area contributed by atoms with Gasteiger partial charge >= 0.3 is 5.97 Å². The molecule has 11 heavy (non-hydrogen) atoms. The molecule has 0 heterocycles. The molecule has 0 aliphatic heterocycles. The van der Waals surface area contributed by atoms with Crippen LogP contribution >= 0.6 is 0 Å². The number of carbonyl (C=O) groups is 1. The van der Waals surface area contributed by atoms with Crippen molar-refractivity contribution in [2.75, 3.05) is 0 Å². The summed E-state index contributed by atoms with van der Waals surface area (Å²) in [5.41, 5.74) is 0.676. The molecule has 2 heteroatoms. The summed E-state index contributed by atoms with van der Waals surface area (Å²) in [6.07, 6.45) is 2.27. The summed E-state index contributed by atoms with van der Waals surface area (Å²) >= 11 is 0. The minimum absolute atomic E-state index is 0.317. The van der Waals surface area contributed by atoms with Crippen LogP contribution in [0.3, 0.4) is 0 Å². The highest BCUT2D eigenvalue weighted by molar-refractivity contribution is 5.67. The maximum absolute atomic E-state index is 10.4. The van der Waals surface area contributed by atoms with E-state index in [0.717, 1.165) is 0 Å². The van der Waals surface area contributed by atoms with Crippen molar-refractivity contribution in [1.29, 1.82) is 0 Å². The molecule has 0 saturated heterocycles. The second-order valence-corrected chi connectivity index (χ2v) is 2.11. The molecule has 0 N–H and O–H groups in total. The molecule has 0 aromatic rings. The number of esters is 1. The zero-order chi connectivity index (χ0) is 8.85. The van der Waals surface area contributed by atoms with E-state index in [-0.39, 0.29) is 5.97 Å². The molecule has 2 nitrogen and oxygen atoms in total. The predicted molar refractivity (Wildman–Crippen MR) is 44.9 cm³/mol. The molecule has 0 rings (SSSR count). The van der Waals surface area contributed by atoms with Gasteiger partial charge in [-0.2, -0.15) is 0 Å². The normalized spacial score (nSPS) is 8.45. The van der Waals surface area contributed by atoms with E-state index in [4.69, 9.17) is 0 Å². The van der Waals surface area contributed by atoms with E-state index in [9.17, 15) is 4.79 Å². The lowest BCUT2D eigenvalue weighted by atomic mass is 10.2. The number of allylic oxidation sites excluding steroid dienone is 2. The largest absolute Gasteiger partial charge is 0.427 e. The average Bonchev–Trinajstić information content (AvgIpc) is 1.86. The van der Waals surface area contributed by atoms with Gasteiger partial charge in [0.2, 0.25) is 0 Å². The van der Waals surface area contributed by atoms with Crippen molar-refractivity contribution < 1.29 is 9.53 Å². The number of ether oxygens (including phenoxy) is 1. The van der Waals surface area contributed by atoms with Gasteiger partial charge in [-0.05, 0) is 12.0 Å². The van der Waals surface area contributed by atoms with E-state index in [1.165, 1.54) is 6.92 Å². The van der Waals surface area contributed by atoms with Gasteiger partial charge in [0, 0.05) is 6.92 Å². The Balaban J connectivity index is 3.93. The summed E-state index contributed by atoms with van der Waals surface area (Å²) < 4.78 is 4.68. The van der Waals surface area contributed by atoms with Crippen LogP contribution in [0.5, 0.6) is 0 Å². The Morgan fingerprint density at radius 1 is 1.55 bits per heavy atom. The third kappa shape index (κ3) is 4.14. The Hall–Kier alpha value is -1.31. The number of rotatable bonds is 4. The van der Waals surface area contributed by atoms with Gasteiger partial charge in [0.15, 0.2) is 0 Å². The van der Waals surface area contributed by atoms with Crippen molar-refractivity contribution in [2.24, 2.45) is 0 Å². The van der Waals surface area contributed by atoms with Crippen LogP contribution in [0, 0.1) is 0 Å². The third-order valence-corrected chi connectivity index (χ3v) is 1.05. The Morgan fingerprint density at radius 2 is 2.09 bits per heavy atom. The highest BCUT2D eigenvalue weighted by atomic mass is 16.5. The van der Waals surface area contributed by atoms with Gasteiger partial charge in [-0.15, -0.1) is 6.58 Å². The molecule has 0 aromatic heterocycles. The highest BCUT2D eigenvalue weighted by Gasteiger charge is 2.01. The molecule has 0 saturated carbocycles. The maximum atomic E-state index is 10.4. The first-order valence-electron chi connectivity index (χ1n) is 3.24. The van der Waals surface area contributed by atoms with Crippen LogP contribution < -0.4 is 0 Å². The molecule has 0 atom stereocenters. The van der Waals surface area contributed by atoms with Crippen molar-refractivity contribution in [3.8, 4) is 0 Å². The average molecular weight is 152 g/mol. The monoisotopic (exact) mass is 152 g/mol. The molecule has 0 aliphatic rings. The van der Waals surface area contributed by atoms with Gasteiger partial charge in [-0.3, -0.25) is 4.79 Å². The molecular formula is C9H12O2. The smallest absolute Gasteiger partial charge is 0.308 e. The van der Waals surface area contributed by atoms with E-state index in [2.05, 4.69) is 24.5 Å². The molecule has 0 amide bonds. The van der Waals surface area contributed by atoms with E-state index >= 15 is 0 Å². The van der Waals surface area contributed by atoms with E-state index in [1.807, 2.05) is 0 Å². The van der Waals surface area contributed by atoms with Crippen molar-refractivity contribution in [1.82, 2.24) is 0 Å². The predicted octanol–water partition coefficient (Wildman–Crippen LogP) is 2.20. The standard InChI is InChI=1S/C9H12O2/c1-5-6-7(2)8(3)11-9(4)10/h5H,1-3,6H2,4H3. The van der Waals surface area contributed by atoms with Crippen molar-refractivity contribution >= 4 is 5.97 Å². The fraction of sp³-hybridized carbons (Fsp3) is 0.222. The van der Waals surface area contributed by atoms with Crippen LogP contribution in [0.2, 0.25) is 0 Å². The van der Waals surface area contributed by atoms with Crippen molar-refractivity contribution in [3.63, 3.8) is 0 Å². The Labute approximate surface area is 66.9 Å². The SMILES string of the molecule is C=CCC(=C)C(=C)OC(C)=O. The number of hydrogen-bond donors (Lipinski definition) is 0. The van der Waals surface area contributed by atoms with Crippen molar-refractivity contribution in [2.45, 2.75) is 13.3 Å². The number of hydrogen-bond acceptors (Lipinski definition) is 2. The first kappa shape index (κ1) is 9.69. The summed E-state index contributed by atoms with van der Waals surface area (Å²) in [7, 11) is 0. The summed E-state index contributed by atoms with van der Waals surface area (Å²) in [6.45, 7) is 12.0. The Morgan fingerprint density at radius 3 is 2.45 bits per heavy atom. The van der Waals surface area contributed by atoms with Gasteiger partial charge in [0.05, 0.1) is 0 Å². The molecule has 0 fully saturated rings. The second kappa shape index (κ2) is 4.50. The summed E-state index contributed by atoms with van der Waals surface area (Å²) in [4.78, 5) is 10.4. The van der Waals surface area contributed by atoms with Crippen LogP contribution in [0.4, 0.5) is 0 Å². The molecule has 0 bridgehead atoms. The van der Waals surface area contributed by atoms with Gasteiger partial charge in [-0.1, -0.05) is 19.2 Å². The first-order chi connectivity index (χ1) is 5.07. The van der Waals surface area contributed by atoms with E-state index in [0.29, 0.717) is 17.8 Å². The molecule has 0 unspecified atom stereocenters. The lowest BCUT2D eigenvalue weighted by Gasteiger charge is -2.05. The molecule has 0 aromatic carbocycles. The second-order valence-electron chi connectivity index (χ2n) is 2.11. The lowest BCUT2D eigenvalue weighted by Crippen LogP contribution is -1.99. The molecule has 0 radical (unpaired) electrons. The van der Waals surface area contributed by atoms with Crippen molar-refractivity contribution in [3.05, 3.63) is 37.1 Å². The first-order valence-corrected chi connectivity index (χ1v) is 3.24. The lowest BCUT2D eigenvalue weighted by molar-refractivity contribution is -0.136. The topological polar surface area (TPSA) is 26.3 Å². The Bertz CT molecular complexity index is 202. The van der Waals surface area contributed by atoms with E-state index in [1.54, 1.807) is 6.08 Å². The minimum atomic E-state index is -0.375. The summed E-state index contributed by atoms with van der Waals surface area (Å²) in [6, 6.07) is 0. The van der Waals surface area contributed by atoms with Crippen LogP contribution in [-0.4, -0.2) is 5.97 Å². The molecule has 0 aliphatic carbocycles. The van der Waals surface area contributed by atoms with Crippen LogP contribution in [0.25, 0.3) is 0 Å². The van der Waals surface area contributed by atoms with Crippen LogP contribution in [0.1, 0.15) is 13.3 Å². The van der Waals surface area contributed by atoms with Gasteiger partial charge in [-0.25, -0.2) is 0 Å². The zero-order valence-electron chi connectivity index (χ0n) is 6.72. The zero-order valence-corrected chi connectivity index (χ0v) is 6.72. The van der Waals surface area contributed by atoms with Crippen LogP contribution in [-0.2, 0) is 9.53 Å². The van der Waals surface area contributed by atoms with Crippen LogP contribution in [0.15, 0.2) is 37.1 Å². The minimum Gasteiger partial charge on any atom is -0.427 e. The van der Waals surface area contributed by atoms with E-state index < -0.39 is 0 Å². The fourth-order valence-electron chi connectivity index (χ4n) is 0.534. The summed E-state index contributed by atoms with van der Waals surface area (Å²) in [5, 5.41) is 0.